The van der Waals surface area contributed by atoms with Crippen molar-refractivity contribution in [3.63, 3.8) is 0 Å². The second kappa shape index (κ2) is 7.25. The summed E-state index contributed by atoms with van der Waals surface area (Å²) in [4.78, 5) is 38.4. The molecular formula is C17H15F2NO5. The van der Waals surface area contributed by atoms with E-state index in [2.05, 4.69) is 9.72 Å². The number of aryl methyl sites for hydroxylation is 1. The van der Waals surface area contributed by atoms with E-state index in [9.17, 15) is 23.2 Å². The number of hydrogen-bond acceptors (Lipinski definition) is 5. The first kappa shape index (κ1) is 18.3. The molecule has 8 heteroatoms. The van der Waals surface area contributed by atoms with Gasteiger partial charge in [0.25, 0.3) is 0 Å². The monoisotopic (exact) mass is 351 g/mol. The average Bonchev–Trinajstić information content (AvgIpc) is 2.88. The van der Waals surface area contributed by atoms with Crippen LogP contribution in [0.2, 0.25) is 0 Å². The lowest BCUT2D eigenvalue weighted by molar-refractivity contribution is 0.0468. The molecular weight excluding hydrogens is 336 g/mol. The van der Waals surface area contributed by atoms with Crippen molar-refractivity contribution in [2.75, 3.05) is 13.7 Å². The first-order valence-corrected chi connectivity index (χ1v) is 7.19. The molecule has 1 heterocycles. The van der Waals surface area contributed by atoms with E-state index in [-0.39, 0.29) is 16.8 Å². The summed E-state index contributed by atoms with van der Waals surface area (Å²) in [7, 11) is 1.21. The van der Waals surface area contributed by atoms with Gasteiger partial charge < -0.3 is 14.5 Å². The summed E-state index contributed by atoms with van der Waals surface area (Å²) in [5.41, 5.74) is 0.844. The summed E-state index contributed by atoms with van der Waals surface area (Å²) < 4.78 is 35.5. The Morgan fingerprint density at radius 1 is 1.08 bits per heavy atom. The smallest absolute Gasteiger partial charge is 0.355 e. The molecule has 0 bridgehead atoms. The van der Waals surface area contributed by atoms with Gasteiger partial charge >= 0.3 is 11.9 Å². The van der Waals surface area contributed by atoms with Crippen molar-refractivity contribution in [2.45, 2.75) is 13.8 Å². The molecule has 25 heavy (non-hydrogen) atoms. The molecule has 0 fully saturated rings. The molecule has 1 N–H and O–H groups in total. The number of ether oxygens (including phenoxy) is 2. The van der Waals surface area contributed by atoms with E-state index < -0.39 is 36.0 Å². The zero-order valence-corrected chi connectivity index (χ0v) is 13.7. The van der Waals surface area contributed by atoms with Crippen molar-refractivity contribution in [1.82, 2.24) is 4.98 Å². The Labute approximate surface area is 141 Å². The third-order valence-corrected chi connectivity index (χ3v) is 3.61. The topological polar surface area (TPSA) is 85.5 Å². The molecule has 2 aromatic rings. The Kier molecular flexibility index (Phi) is 5.31. The number of halogens is 2. The fourth-order valence-corrected chi connectivity index (χ4v) is 2.32. The fraction of sp³-hybridized carbons (Fsp3) is 0.235. The van der Waals surface area contributed by atoms with Crippen molar-refractivity contribution >= 4 is 17.7 Å². The van der Waals surface area contributed by atoms with Gasteiger partial charge in [-0.2, -0.15) is 0 Å². The molecule has 2 rings (SSSR count). The maximum Gasteiger partial charge on any atom is 0.355 e. The molecule has 1 aromatic heterocycles. The number of esters is 2. The molecule has 6 nitrogen and oxygen atoms in total. The molecule has 0 spiro atoms. The molecule has 0 atom stereocenters. The van der Waals surface area contributed by atoms with Gasteiger partial charge in [-0.15, -0.1) is 0 Å². The van der Waals surface area contributed by atoms with Gasteiger partial charge in [0, 0.05) is 11.3 Å². The summed E-state index contributed by atoms with van der Waals surface area (Å²) in [6.07, 6.45) is 0. The maximum atomic E-state index is 13.1. The van der Waals surface area contributed by atoms with E-state index in [1.807, 2.05) is 0 Å². The van der Waals surface area contributed by atoms with E-state index in [0.29, 0.717) is 11.3 Å². The second-order valence-corrected chi connectivity index (χ2v) is 5.24. The van der Waals surface area contributed by atoms with Gasteiger partial charge in [-0.25, -0.2) is 18.4 Å². The highest BCUT2D eigenvalue weighted by molar-refractivity contribution is 6.01. The van der Waals surface area contributed by atoms with Crippen LogP contribution in [0.1, 0.15) is 42.5 Å². The molecule has 0 unspecified atom stereocenters. The van der Waals surface area contributed by atoms with Crippen molar-refractivity contribution < 1.29 is 32.6 Å². The van der Waals surface area contributed by atoms with Crippen LogP contribution < -0.4 is 0 Å². The van der Waals surface area contributed by atoms with Gasteiger partial charge in [0.1, 0.15) is 5.69 Å². The zero-order valence-electron chi connectivity index (χ0n) is 13.7. The fourth-order valence-electron chi connectivity index (χ4n) is 2.32. The Bertz CT molecular complexity index is 857. The molecule has 0 saturated carbocycles. The van der Waals surface area contributed by atoms with Crippen molar-refractivity contribution in [1.29, 1.82) is 0 Å². The first-order valence-electron chi connectivity index (χ1n) is 7.19. The lowest BCUT2D eigenvalue weighted by atomic mass is 10.1. The van der Waals surface area contributed by atoms with Crippen LogP contribution in [0.4, 0.5) is 8.78 Å². The van der Waals surface area contributed by atoms with E-state index in [0.717, 1.165) is 18.2 Å². The van der Waals surface area contributed by atoms with Crippen LogP contribution in [0, 0.1) is 25.5 Å². The molecule has 0 aliphatic rings. The van der Waals surface area contributed by atoms with Crippen LogP contribution in [0.5, 0.6) is 0 Å². The highest BCUT2D eigenvalue weighted by atomic mass is 19.2. The molecule has 0 aliphatic carbocycles. The minimum absolute atomic E-state index is 0.0102. The SMILES string of the molecule is COC(=O)c1c(C)[nH]c(C(=O)OCC(=O)c2ccc(F)c(F)c2)c1C. The largest absolute Gasteiger partial charge is 0.465 e. The summed E-state index contributed by atoms with van der Waals surface area (Å²) in [6, 6.07) is 2.63. The van der Waals surface area contributed by atoms with Gasteiger partial charge in [0.15, 0.2) is 24.0 Å². The van der Waals surface area contributed by atoms with Gasteiger partial charge in [-0.1, -0.05) is 0 Å². The molecule has 0 saturated heterocycles. The summed E-state index contributed by atoms with van der Waals surface area (Å²) in [5.74, 6) is -4.41. The van der Waals surface area contributed by atoms with Crippen LogP contribution >= 0.6 is 0 Å². The number of methoxy groups -OCH3 is 1. The van der Waals surface area contributed by atoms with Crippen molar-refractivity contribution in [3.8, 4) is 0 Å². The normalized spacial score (nSPS) is 10.4. The highest BCUT2D eigenvalue weighted by Gasteiger charge is 2.24. The third-order valence-electron chi connectivity index (χ3n) is 3.61. The number of aromatic nitrogens is 1. The van der Waals surface area contributed by atoms with Gasteiger partial charge in [-0.05, 0) is 37.6 Å². The average molecular weight is 351 g/mol. The van der Waals surface area contributed by atoms with E-state index >= 15 is 0 Å². The molecule has 0 aliphatic heterocycles. The van der Waals surface area contributed by atoms with E-state index in [4.69, 9.17) is 4.74 Å². The Morgan fingerprint density at radius 3 is 2.36 bits per heavy atom. The van der Waals surface area contributed by atoms with Crippen LogP contribution in [0.15, 0.2) is 18.2 Å². The quantitative estimate of drug-likeness (QED) is 0.661. The lowest BCUT2D eigenvalue weighted by Gasteiger charge is -2.05. The molecule has 132 valence electrons. The number of Topliss-reactive ketones (excluding diaryl/α,β-unsaturated/α-hetero) is 1. The number of H-pyrrole nitrogens is 1. The van der Waals surface area contributed by atoms with Crippen LogP contribution in [-0.4, -0.2) is 36.4 Å². The van der Waals surface area contributed by atoms with E-state index in [1.54, 1.807) is 6.92 Å². The number of carbonyl (C=O) groups excluding carboxylic acids is 3. The highest BCUT2D eigenvalue weighted by Crippen LogP contribution is 2.19. The minimum atomic E-state index is -1.17. The van der Waals surface area contributed by atoms with Crippen LogP contribution in [0.3, 0.4) is 0 Å². The van der Waals surface area contributed by atoms with Gasteiger partial charge in [0.2, 0.25) is 0 Å². The van der Waals surface area contributed by atoms with Crippen molar-refractivity contribution in [2.24, 2.45) is 0 Å². The Morgan fingerprint density at radius 2 is 1.76 bits per heavy atom. The molecule has 0 radical (unpaired) electrons. The van der Waals surface area contributed by atoms with Gasteiger partial charge in [-0.3, -0.25) is 4.79 Å². The maximum absolute atomic E-state index is 13.1. The van der Waals surface area contributed by atoms with Crippen LogP contribution in [-0.2, 0) is 9.47 Å². The van der Waals surface area contributed by atoms with Crippen LogP contribution in [0.25, 0.3) is 0 Å². The number of benzene rings is 1. The number of ketones is 1. The zero-order chi connectivity index (χ0) is 18.7. The standard InChI is InChI=1S/C17H15F2NO5/c1-8-14(16(22)24-3)9(2)20-15(8)17(23)25-7-13(21)10-4-5-11(18)12(19)6-10/h4-6,20H,7H2,1-3H3. The number of hydrogen-bond donors (Lipinski definition) is 1. The number of rotatable bonds is 5. The second-order valence-electron chi connectivity index (χ2n) is 5.24. The minimum Gasteiger partial charge on any atom is -0.465 e. The number of aromatic amines is 1. The Hall–Kier alpha value is -3.03. The predicted octanol–water partition coefficient (Wildman–Crippen LogP) is 2.74. The summed E-state index contributed by atoms with van der Waals surface area (Å²) in [6.45, 7) is 2.46. The summed E-state index contributed by atoms with van der Waals surface area (Å²) in [5, 5.41) is 0. The van der Waals surface area contributed by atoms with Gasteiger partial charge in [0.05, 0.1) is 12.7 Å². The predicted molar refractivity (Wildman–Crippen MR) is 82.6 cm³/mol. The van der Waals surface area contributed by atoms with Crippen molar-refractivity contribution in [3.05, 3.63) is 57.9 Å². The molecule has 0 amide bonds. The third kappa shape index (κ3) is 3.73. The number of carbonyl (C=O) groups is 3. The molecule has 1 aromatic carbocycles. The Balaban J connectivity index is 2.11. The number of nitrogens with one attached hydrogen (secondary N) is 1. The lowest BCUT2D eigenvalue weighted by Crippen LogP contribution is -2.15. The first-order chi connectivity index (χ1) is 11.8. The summed E-state index contributed by atoms with van der Waals surface area (Å²) >= 11 is 0. The van der Waals surface area contributed by atoms with E-state index in [1.165, 1.54) is 14.0 Å².